The van der Waals surface area contributed by atoms with Gasteiger partial charge in [-0.2, -0.15) is 4.31 Å². The smallest absolute Gasteiger partial charge is 0.247 e. The molecular weight excluding hydrogens is 464 g/mol. The fourth-order valence-corrected chi connectivity index (χ4v) is 5.67. The maximum absolute atomic E-state index is 13.2. The van der Waals surface area contributed by atoms with E-state index in [1.807, 2.05) is 30.3 Å². The minimum absolute atomic E-state index is 0.0765. The zero-order chi connectivity index (χ0) is 24.7. The molecule has 8 nitrogen and oxygen atoms in total. The lowest BCUT2D eigenvalue weighted by Crippen LogP contribution is -2.51. The lowest BCUT2D eigenvalue weighted by Gasteiger charge is -2.32. The average molecular weight is 493 g/mol. The van der Waals surface area contributed by atoms with Crippen molar-refractivity contribution in [1.82, 2.24) is 14.6 Å². The second-order valence-corrected chi connectivity index (χ2v) is 10.4. The molecule has 3 aromatic rings. The van der Waals surface area contributed by atoms with Crippen molar-refractivity contribution in [3.05, 3.63) is 90.8 Å². The highest BCUT2D eigenvalue weighted by Crippen LogP contribution is 2.24. The van der Waals surface area contributed by atoms with E-state index in [1.165, 1.54) is 4.31 Å². The Labute approximate surface area is 205 Å². The van der Waals surface area contributed by atoms with Gasteiger partial charge in [0.25, 0.3) is 0 Å². The fraction of sp³-hybridized carbons (Fsp3) is 0.269. The second kappa shape index (κ2) is 11.2. The molecule has 0 aliphatic carbocycles. The van der Waals surface area contributed by atoms with Gasteiger partial charge in [0.2, 0.25) is 21.8 Å². The number of sulfonamides is 1. The van der Waals surface area contributed by atoms with Crippen LogP contribution in [0.4, 0.5) is 5.69 Å². The first kappa shape index (κ1) is 24.6. The van der Waals surface area contributed by atoms with Gasteiger partial charge in [0.15, 0.2) is 0 Å². The Bertz CT molecular complexity index is 1240. The van der Waals surface area contributed by atoms with E-state index in [0.717, 1.165) is 5.56 Å². The molecule has 1 aliphatic heterocycles. The highest BCUT2D eigenvalue weighted by atomic mass is 32.2. The summed E-state index contributed by atoms with van der Waals surface area (Å²) < 4.78 is 27.5. The topological polar surface area (TPSA) is 108 Å². The summed E-state index contributed by atoms with van der Waals surface area (Å²) in [5.74, 6) is -1.23. The third kappa shape index (κ3) is 6.32. The quantitative estimate of drug-likeness (QED) is 0.503. The van der Waals surface area contributed by atoms with E-state index in [2.05, 4.69) is 15.6 Å². The summed E-state index contributed by atoms with van der Waals surface area (Å²) in [6, 6.07) is 20.2. The van der Waals surface area contributed by atoms with E-state index < -0.39 is 22.0 Å². The van der Waals surface area contributed by atoms with Gasteiger partial charge >= 0.3 is 0 Å². The first-order chi connectivity index (χ1) is 16.9. The molecule has 1 fully saturated rings. The van der Waals surface area contributed by atoms with Crippen LogP contribution < -0.4 is 10.6 Å². The molecule has 2 aromatic carbocycles. The summed E-state index contributed by atoms with van der Waals surface area (Å²) >= 11 is 0. The Morgan fingerprint density at radius 3 is 2.31 bits per heavy atom. The Hall–Kier alpha value is -3.56. The fourth-order valence-electron chi connectivity index (χ4n) is 4.13. The summed E-state index contributed by atoms with van der Waals surface area (Å²) in [6.45, 7) is 0.435. The lowest BCUT2D eigenvalue weighted by atomic mass is 9.97. The third-order valence-corrected chi connectivity index (χ3v) is 7.88. The van der Waals surface area contributed by atoms with Crippen LogP contribution in [0.15, 0.2) is 90.1 Å². The SMILES string of the molecule is O=C(N[C@@H](Cc1ccccc1)C(=O)Nc1ccncc1)C1CCCN(S(=O)(=O)c2ccccc2)C1. The van der Waals surface area contributed by atoms with Gasteiger partial charge in [-0.1, -0.05) is 48.5 Å². The van der Waals surface area contributed by atoms with Crippen LogP contribution >= 0.6 is 0 Å². The molecule has 35 heavy (non-hydrogen) atoms. The number of benzene rings is 2. The van der Waals surface area contributed by atoms with Crippen LogP contribution in [0.2, 0.25) is 0 Å². The molecule has 2 N–H and O–H groups in total. The van der Waals surface area contributed by atoms with Crippen LogP contribution in [0.3, 0.4) is 0 Å². The van der Waals surface area contributed by atoms with Gasteiger partial charge in [-0.3, -0.25) is 14.6 Å². The first-order valence-corrected chi connectivity index (χ1v) is 13.0. The second-order valence-electron chi connectivity index (χ2n) is 8.49. The van der Waals surface area contributed by atoms with Crippen LogP contribution in [0, 0.1) is 5.92 Å². The third-order valence-electron chi connectivity index (χ3n) is 6.00. The van der Waals surface area contributed by atoms with E-state index in [4.69, 9.17) is 0 Å². The molecular formula is C26H28N4O4S. The maximum atomic E-state index is 13.2. The van der Waals surface area contributed by atoms with Gasteiger partial charge in [-0.15, -0.1) is 0 Å². The first-order valence-electron chi connectivity index (χ1n) is 11.5. The van der Waals surface area contributed by atoms with Crippen LogP contribution in [-0.4, -0.2) is 48.7 Å². The van der Waals surface area contributed by atoms with E-state index in [1.54, 1.807) is 54.9 Å². The summed E-state index contributed by atoms with van der Waals surface area (Å²) in [5, 5.41) is 5.70. The molecule has 0 spiro atoms. The zero-order valence-corrected chi connectivity index (χ0v) is 20.0. The number of pyridine rings is 1. The van der Waals surface area contributed by atoms with Crippen LogP contribution in [-0.2, 0) is 26.0 Å². The van der Waals surface area contributed by atoms with E-state index >= 15 is 0 Å². The summed E-state index contributed by atoms with van der Waals surface area (Å²) in [6.07, 6.45) is 4.57. The summed E-state index contributed by atoms with van der Waals surface area (Å²) in [4.78, 5) is 30.5. The van der Waals surface area contributed by atoms with Gasteiger partial charge in [-0.25, -0.2) is 8.42 Å². The minimum Gasteiger partial charge on any atom is -0.344 e. The largest absolute Gasteiger partial charge is 0.344 e. The highest BCUT2D eigenvalue weighted by molar-refractivity contribution is 7.89. The number of anilines is 1. The predicted octanol–water partition coefficient (Wildman–Crippen LogP) is 2.85. The van der Waals surface area contributed by atoms with Crippen LogP contribution in [0.5, 0.6) is 0 Å². The molecule has 4 rings (SSSR count). The molecule has 2 atom stereocenters. The number of hydrogen-bond donors (Lipinski definition) is 2. The molecule has 2 amide bonds. The maximum Gasteiger partial charge on any atom is 0.247 e. The van der Waals surface area contributed by atoms with Crippen molar-refractivity contribution in [1.29, 1.82) is 0 Å². The molecule has 1 saturated heterocycles. The number of amides is 2. The van der Waals surface area contributed by atoms with Crippen molar-refractivity contribution in [3.8, 4) is 0 Å². The van der Waals surface area contributed by atoms with Crippen molar-refractivity contribution in [2.45, 2.75) is 30.2 Å². The molecule has 1 unspecified atom stereocenters. The number of carbonyl (C=O) groups is 2. The molecule has 2 heterocycles. The van der Waals surface area contributed by atoms with Crippen molar-refractivity contribution in [3.63, 3.8) is 0 Å². The number of aromatic nitrogens is 1. The number of piperidine rings is 1. The Balaban J connectivity index is 1.48. The van der Waals surface area contributed by atoms with Gasteiger partial charge in [0.05, 0.1) is 10.8 Å². The normalized spacial score (nSPS) is 17.3. The van der Waals surface area contributed by atoms with E-state index in [-0.39, 0.29) is 23.3 Å². The number of hydrogen-bond acceptors (Lipinski definition) is 5. The molecule has 0 radical (unpaired) electrons. The summed E-state index contributed by atoms with van der Waals surface area (Å²) in [7, 11) is -3.69. The van der Waals surface area contributed by atoms with Gasteiger partial charge in [0.1, 0.15) is 6.04 Å². The minimum atomic E-state index is -3.69. The molecule has 0 bridgehead atoms. The van der Waals surface area contributed by atoms with Crippen molar-refractivity contribution < 1.29 is 18.0 Å². The molecule has 1 aliphatic rings. The number of rotatable bonds is 8. The highest BCUT2D eigenvalue weighted by Gasteiger charge is 2.34. The average Bonchev–Trinajstić information content (AvgIpc) is 2.90. The molecule has 182 valence electrons. The van der Waals surface area contributed by atoms with Crippen LogP contribution in [0.25, 0.3) is 0 Å². The lowest BCUT2D eigenvalue weighted by molar-refractivity contribution is -0.130. The monoisotopic (exact) mass is 492 g/mol. The molecule has 1 aromatic heterocycles. The standard InChI is InChI=1S/C26H28N4O4S/c31-25(21-10-7-17-30(19-21)35(33,34)23-11-5-2-6-12-23)29-24(18-20-8-3-1-4-9-20)26(32)28-22-13-15-27-16-14-22/h1-6,8-9,11-16,21,24H,7,10,17-19H2,(H,29,31)(H,27,28,32)/t21?,24-/m0/s1. The van der Waals surface area contributed by atoms with Crippen LogP contribution in [0.1, 0.15) is 18.4 Å². The number of carbonyl (C=O) groups excluding carboxylic acids is 2. The summed E-state index contributed by atoms with van der Waals surface area (Å²) in [5.41, 5.74) is 1.48. The predicted molar refractivity (Wildman–Crippen MR) is 133 cm³/mol. The zero-order valence-electron chi connectivity index (χ0n) is 19.2. The van der Waals surface area contributed by atoms with E-state index in [0.29, 0.717) is 31.5 Å². The van der Waals surface area contributed by atoms with E-state index in [9.17, 15) is 18.0 Å². The number of nitrogens with zero attached hydrogens (tertiary/aromatic N) is 2. The Morgan fingerprint density at radius 1 is 0.971 bits per heavy atom. The van der Waals surface area contributed by atoms with Gasteiger partial charge < -0.3 is 10.6 Å². The van der Waals surface area contributed by atoms with Crippen molar-refractivity contribution >= 4 is 27.5 Å². The molecule has 9 heteroatoms. The number of nitrogens with one attached hydrogen (secondary N) is 2. The van der Waals surface area contributed by atoms with Gasteiger partial charge in [0, 0.05) is 37.6 Å². The van der Waals surface area contributed by atoms with Crippen molar-refractivity contribution in [2.24, 2.45) is 5.92 Å². The van der Waals surface area contributed by atoms with Crippen molar-refractivity contribution in [2.75, 3.05) is 18.4 Å². The Morgan fingerprint density at radius 2 is 1.63 bits per heavy atom. The molecule has 0 saturated carbocycles. The Kier molecular flexibility index (Phi) is 7.89. The van der Waals surface area contributed by atoms with Gasteiger partial charge in [-0.05, 0) is 42.7 Å².